The van der Waals surface area contributed by atoms with E-state index in [0.29, 0.717) is 12.2 Å². The van der Waals surface area contributed by atoms with Crippen LogP contribution in [0.2, 0.25) is 0 Å². The minimum absolute atomic E-state index is 0.484. The molecule has 4 heteroatoms. The first kappa shape index (κ1) is 14.1. The molecule has 0 amide bonds. The molecule has 0 atom stereocenters. The van der Waals surface area contributed by atoms with Crippen molar-refractivity contribution in [3.63, 3.8) is 0 Å². The monoisotopic (exact) mass is 379 g/mol. The second kappa shape index (κ2) is 6.23. The molecular weight excluding hydrogens is 370 g/mol. The van der Waals surface area contributed by atoms with Crippen LogP contribution in [-0.2, 0) is 6.61 Å². The smallest absolute Gasteiger partial charge is 0.134 e. The Labute approximate surface area is 129 Å². The normalized spacial score (nSPS) is 10.0. The topological polar surface area (TPSA) is 33.0 Å². The minimum atomic E-state index is 0.484. The lowest BCUT2D eigenvalue weighted by Crippen LogP contribution is -1.98. The van der Waals surface area contributed by atoms with Gasteiger partial charge in [-0.05, 0) is 64.3 Å². The molecule has 2 rings (SSSR count). The zero-order valence-electron chi connectivity index (χ0n) is 10.3. The molecule has 0 aromatic heterocycles. The molecule has 96 valence electrons. The van der Waals surface area contributed by atoms with Crippen molar-refractivity contribution in [2.45, 2.75) is 13.5 Å². The standard InChI is InChI=1S/C15H11Br2NO/c1-10-6-11(8-18)2-3-12(10)9-19-15-5-4-13(16)7-14(15)17/h2-7H,9H2,1H3. The van der Waals surface area contributed by atoms with Gasteiger partial charge in [-0.2, -0.15) is 5.26 Å². The maximum absolute atomic E-state index is 8.83. The molecule has 0 fully saturated rings. The molecule has 0 saturated heterocycles. The van der Waals surface area contributed by atoms with Gasteiger partial charge in [-0.3, -0.25) is 0 Å². The van der Waals surface area contributed by atoms with Crippen LogP contribution in [0.1, 0.15) is 16.7 Å². The largest absolute Gasteiger partial charge is 0.488 e. The van der Waals surface area contributed by atoms with Crippen LogP contribution in [0.3, 0.4) is 0 Å². The Bertz CT molecular complexity index is 647. The third kappa shape index (κ3) is 3.59. The number of nitrogens with zero attached hydrogens (tertiary/aromatic N) is 1. The summed E-state index contributed by atoms with van der Waals surface area (Å²) in [4.78, 5) is 0. The van der Waals surface area contributed by atoms with Gasteiger partial charge in [0.25, 0.3) is 0 Å². The van der Waals surface area contributed by atoms with Gasteiger partial charge in [0, 0.05) is 4.47 Å². The highest BCUT2D eigenvalue weighted by Gasteiger charge is 2.04. The molecule has 0 saturated carbocycles. The highest BCUT2D eigenvalue weighted by Crippen LogP contribution is 2.29. The van der Waals surface area contributed by atoms with Crippen molar-refractivity contribution < 1.29 is 4.74 Å². The number of ether oxygens (including phenoxy) is 1. The van der Waals surface area contributed by atoms with Gasteiger partial charge in [-0.1, -0.05) is 22.0 Å². The van der Waals surface area contributed by atoms with Gasteiger partial charge in [-0.25, -0.2) is 0 Å². The van der Waals surface area contributed by atoms with E-state index in [0.717, 1.165) is 25.8 Å². The van der Waals surface area contributed by atoms with Crippen molar-refractivity contribution >= 4 is 31.9 Å². The van der Waals surface area contributed by atoms with Crippen molar-refractivity contribution in [3.05, 3.63) is 62.0 Å². The van der Waals surface area contributed by atoms with Gasteiger partial charge in [0.1, 0.15) is 12.4 Å². The molecule has 0 aliphatic rings. The predicted molar refractivity (Wildman–Crippen MR) is 82.1 cm³/mol. The summed E-state index contributed by atoms with van der Waals surface area (Å²) in [5, 5.41) is 8.83. The summed E-state index contributed by atoms with van der Waals surface area (Å²) in [5.41, 5.74) is 2.81. The number of hydrogen-bond acceptors (Lipinski definition) is 2. The zero-order valence-corrected chi connectivity index (χ0v) is 13.5. The van der Waals surface area contributed by atoms with Crippen LogP contribution in [0.15, 0.2) is 45.3 Å². The van der Waals surface area contributed by atoms with Crippen LogP contribution < -0.4 is 4.74 Å². The summed E-state index contributed by atoms with van der Waals surface area (Å²) in [6.07, 6.45) is 0. The third-order valence-electron chi connectivity index (χ3n) is 2.75. The summed E-state index contributed by atoms with van der Waals surface area (Å²) in [6, 6.07) is 13.5. The maximum atomic E-state index is 8.83. The number of aryl methyl sites for hydroxylation is 1. The van der Waals surface area contributed by atoms with Crippen LogP contribution >= 0.6 is 31.9 Å². The lowest BCUT2D eigenvalue weighted by molar-refractivity contribution is 0.303. The van der Waals surface area contributed by atoms with E-state index in [4.69, 9.17) is 10.00 Å². The Morgan fingerprint density at radius 2 is 1.95 bits per heavy atom. The van der Waals surface area contributed by atoms with Crippen LogP contribution in [0.5, 0.6) is 5.75 Å². The van der Waals surface area contributed by atoms with E-state index >= 15 is 0 Å². The Hall–Kier alpha value is -1.31. The quantitative estimate of drug-likeness (QED) is 0.752. The molecule has 0 unspecified atom stereocenters. The van der Waals surface area contributed by atoms with Crippen LogP contribution in [-0.4, -0.2) is 0 Å². The van der Waals surface area contributed by atoms with Gasteiger partial charge in [-0.15, -0.1) is 0 Å². The fourth-order valence-corrected chi connectivity index (χ4v) is 2.84. The maximum Gasteiger partial charge on any atom is 0.134 e. The first-order valence-electron chi connectivity index (χ1n) is 5.67. The van der Waals surface area contributed by atoms with Crippen LogP contribution in [0, 0.1) is 18.3 Å². The SMILES string of the molecule is Cc1cc(C#N)ccc1COc1ccc(Br)cc1Br. The van der Waals surface area contributed by atoms with Gasteiger partial charge in [0.05, 0.1) is 16.1 Å². The number of halogens is 2. The Kier molecular flexibility index (Phi) is 4.62. The fourth-order valence-electron chi connectivity index (χ4n) is 1.68. The molecule has 0 heterocycles. The van der Waals surface area contributed by atoms with Gasteiger partial charge in [0.2, 0.25) is 0 Å². The van der Waals surface area contributed by atoms with Crippen molar-refractivity contribution in [2.75, 3.05) is 0 Å². The summed E-state index contributed by atoms with van der Waals surface area (Å²) in [6.45, 7) is 2.47. The van der Waals surface area contributed by atoms with E-state index in [1.165, 1.54) is 0 Å². The summed E-state index contributed by atoms with van der Waals surface area (Å²) < 4.78 is 7.69. The van der Waals surface area contributed by atoms with E-state index in [1.807, 2.05) is 43.3 Å². The van der Waals surface area contributed by atoms with E-state index in [-0.39, 0.29) is 0 Å². The van der Waals surface area contributed by atoms with E-state index in [9.17, 15) is 0 Å². The molecule has 19 heavy (non-hydrogen) atoms. The second-order valence-electron chi connectivity index (χ2n) is 4.12. The number of rotatable bonds is 3. The van der Waals surface area contributed by atoms with Crippen molar-refractivity contribution in [1.82, 2.24) is 0 Å². The van der Waals surface area contributed by atoms with Crippen molar-refractivity contribution in [2.24, 2.45) is 0 Å². The molecule has 2 aromatic carbocycles. The van der Waals surface area contributed by atoms with Crippen molar-refractivity contribution in [3.8, 4) is 11.8 Å². The molecule has 2 nitrogen and oxygen atoms in total. The highest BCUT2D eigenvalue weighted by molar-refractivity contribution is 9.11. The first-order chi connectivity index (χ1) is 9.10. The summed E-state index contributed by atoms with van der Waals surface area (Å²) in [5.74, 6) is 0.798. The van der Waals surface area contributed by atoms with Crippen LogP contribution in [0.25, 0.3) is 0 Å². The Morgan fingerprint density at radius 3 is 2.58 bits per heavy atom. The number of benzene rings is 2. The zero-order chi connectivity index (χ0) is 13.8. The highest BCUT2D eigenvalue weighted by atomic mass is 79.9. The van der Waals surface area contributed by atoms with Crippen LogP contribution in [0.4, 0.5) is 0 Å². The van der Waals surface area contributed by atoms with E-state index < -0.39 is 0 Å². The molecule has 0 aliphatic heterocycles. The molecule has 0 radical (unpaired) electrons. The average Bonchev–Trinajstić information content (AvgIpc) is 2.39. The molecule has 2 aromatic rings. The average molecular weight is 381 g/mol. The fraction of sp³-hybridized carbons (Fsp3) is 0.133. The Morgan fingerprint density at radius 1 is 1.16 bits per heavy atom. The lowest BCUT2D eigenvalue weighted by Gasteiger charge is -2.10. The van der Waals surface area contributed by atoms with Gasteiger partial charge in [0.15, 0.2) is 0 Å². The van der Waals surface area contributed by atoms with E-state index in [2.05, 4.69) is 37.9 Å². The number of nitriles is 1. The summed E-state index contributed by atoms with van der Waals surface area (Å²) in [7, 11) is 0. The summed E-state index contributed by atoms with van der Waals surface area (Å²) >= 11 is 6.87. The molecule has 0 aliphatic carbocycles. The number of hydrogen-bond donors (Lipinski definition) is 0. The molecule has 0 bridgehead atoms. The molecule has 0 spiro atoms. The third-order valence-corrected chi connectivity index (χ3v) is 3.86. The predicted octanol–water partition coefficient (Wildman–Crippen LogP) is 4.97. The van der Waals surface area contributed by atoms with Gasteiger partial charge < -0.3 is 4.74 Å². The minimum Gasteiger partial charge on any atom is -0.488 e. The first-order valence-corrected chi connectivity index (χ1v) is 7.26. The second-order valence-corrected chi connectivity index (χ2v) is 5.89. The molecule has 0 N–H and O–H groups in total. The van der Waals surface area contributed by atoms with Crippen molar-refractivity contribution in [1.29, 1.82) is 5.26 Å². The molecular formula is C15H11Br2NO. The van der Waals surface area contributed by atoms with Gasteiger partial charge >= 0.3 is 0 Å². The Balaban J connectivity index is 2.13. The van der Waals surface area contributed by atoms with E-state index in [1.54, 1.807) is 0 Å². The lowest BCUT2D eigenvalue weighted by atomic mass is 10.1.